The second-order valence-corrected chi connectivity index (χ2v) is 23.6. The molecule has 0 aromatic rings. The Morgan fingerprint density at radius 3 is 1.89 bits per heavy atom. The molecule has 6 aliphatic heterocycles. The summed E-state index contributed by atoms with van der Waals surface area (Å²) >= 11 is 0. The van der Waals surface area contributed by atoms with Crippen LogP contribution in [0.3, 0.4) is 0 Å². The van der Waals surface area contributed by atoms with Gasteiger partial charge in [-0.15, -0.1) is 0 Å². The second kappa shape index (κ2) is 21.1. The van der Waals surface area contributed by atoms with Crippen molar-refractivity contribution in [2.75, 3.05) is 26.4 Å². The summed E-state index contributed by atoms with van der Waals surface area (Å²) in [6, 6.07) is 0. The van der Waals surface area contributed by atoms with Crippen LogP contribution in [0.1, 0.15) is 85.5 Å². The Bertz CT molecular complexity index is 1920. The van der Waals surface area contributed by atoms with E-state index < -0.39 is 155 Å². The number of hydrogen-bond acceptors (Lipinski definition) is 23. The summed E-state index contributed by atoms with van der Waals surface area (Å²) in [6.07, 6.45) is -24.9. The van der Waals surface area contributed by atoms with Crippen molar-refractivity contribution in [2.45, 2.75) is 226 Å². The third-order valence-electron chi connectivity index (χ3n) is 19.5. The van der Waals surface area contributed by atoms with E-state index in [0.717, 1.165) is 51.6 Å². The summed E-state index contributed by atoms with van der Waals surface area (Å²) in [4.78, 5) is 0. The first-order valence-electron chi connectivity index (χ1n) is 26.6. The van der Waals surface area contributed by atoms with Crippen molar-refractivity contribution >= 4 is 0 Å². The van der Waals surface area contributed by atoms with Gasteiger partial charge in [0, 0.05) is 12.3 Å². The van der Waals surface area contributed by atoms with Crippen molar-refractivity contribution in [1.29, 1.82) is 0 Å². The van der Waals surface area contributed by atoms with Crippen LogP contribution in [0, 0.1) is 46.3 Å². The van der Waals surface area contributed by atoms with Gasteiger partial charge in [0.25, 0.3) is 0 Å². The van der Waals surface area contributed by atoms with Crippen LogP contribution in [0.2, 0.25) is 0 Å². The van der Waals surface area contributed by atoms with Crippen molar-refractivity contribution in [3.63, 3.8) is 0 Å². The minimum Gasteiger partial charge on any atom is -0.394 e. The Morgan fingerprint density at radius 2 is 1.22 bits per heavy atom. The van der Waals surface area contributed by atoms with E-state index >= 15 is 0 Å². The van der Waals surface area contributed by atoms with E-state index in [-0.39, 0.29) is 16.9 Å². The highest BCUT2D eigenvalue weighted by Gasteiger charge is 2.69. The highest BCUT2D eigenvalue weighted by atomic mass is 16.8. The molecule has 10 aliphatic rings. The van der Waals surface area contributed by atoms with Gasteiger partial charge in [0.2, 0.25) is 0 Å². The molecule has 1 spiro atoms. The van der Waals surface area contributed by atoms with E-state index in [4.69, 9.17) is 47.4 Å². The Morgan fingerprint density at radius 1 is 0.603 bits per heavy atom. The van der Waals surface area contributed by atoms with Crippen molar-refractivity contribution in [3.05, 3.63) is 11.6 Å². The van der Waals surface area contributed by atoms with E-state index in [1.807, 2.05) is 0 Å². The fourth-order valence-electron chi connectivity index (χ4n) is 15.2. The fourth-order valence-corrected chi connectivity index (χ4v) is 15.2. The summed E-state index contributed by atoms with van der Waals surface area (Å²) in [7, 11) is 0. The number of aliphatic hydroxyl groups excluding tert-OH is 13. The van der Waals surface area contributed by atoms with E-state index in [0.29, 0.717) is 48.3 Å². The van der Waals surface area contributed by atoms with Crippen LogP contribution in [-0.4, -0.2) is 234 Å². The molecule has 23 heteroatoms. The molecule has 13 N–H and O–H groups in total. The highest BCUT2D eigenvalue weighted by Crippen LogP contribution is 2.70. The first kappa shape index (κ1) is 55.1. The maximum Gasteiger partial charge on any atom is 0.189 e. The number of ether oxygens (including phenoxy) is 10. The summed E-state index contributed by atoms with van der Waals surface area (Å²) in [5.41, 5.74) is 1.44. The molecule has 6 saturated heterocycles. The maximum absolute atomic E-state index is 11.2. The topological polar surface area (TPSA) is 355 Å². The molecule has 418 valence electrons. The van der Waals surface area contributed by atoms with Gasteiger partial charge in [-0.3, -0.25) is 0 Å². The molecule has 3 saturated carbocycles. The van der Waals surface area contributed by atoms with Crippen LogP contribution in [-0.2, 0) is 47.4 Å². The van der Waals surface area contributed by atoms with Crippen LogP contribution >= 0.6 is 0 Å². The number of fused-ring (bicyclic) bond motifs is 7. The van der Waals surface area contributed by atoms with Gasteiger partial charge in [0.1, 0.15) is 91.6 Å². The summed E-state index contributed by atoms with van der Waals surface area (Å²) < 4.78 is 59.7. The van der Waals surface area contributed by atoms with Gasteiger partial charge in [-0.25, -0.2) is 0 Å². The van der Waals surface area contributed by atoms with Gasteiger partial charge in [0.05, 0.1) is 38.6 Å². The predicted molar refractivity (Wildman–Crippen MR) is 243 cm³/mol. The van der Waals surface area contributed by atoms with E-state index in [1.165, 1.54) is 5.57 Å². The zero-order valence-corrected chi connectivity index (χ0v) is 41.8. The fraction of sp³-hybridized carbons (Fsp3) is 0.960. The molecule has 9 fully saturated rings. The number of allylic oxidation sites excluding steroid dienone is 1. The largest absolute Gasteiger partial charge is 0.394 e. The quantitative estimate of drug-likeness (QED) is 0.0916. The molecule has 0 bridgehead atoms. The van der Waals surface area contributed by atoms with Crippen molar-refractivity contribution in [3.8, 4) is 0 Å². The van der Waals surface area contributed by atoms with Gasteiger partial charge in [0.15, 0.2) is 37.2 Å². The van der Waals surface area contributed by atoms with Crippen LogP contribution in [0.25, 0.3) is 0 Å². The van der Waals surface area contributed by atoms with Crippen LogP contribution < -0.4 is 0 Å². The lowest BCUT2D eigenvalue weighted by Crippen LogP contribution is -2.66. The lowest BCUT2D eigenvalue weighted by Gasteiger charge is -2.58. The molecule has 10 rings (SSSR count). The van der Waals surface area contributed by atoms with Gasteiger partial charge in [-0.05, 0) is 91.8 Å². The molecule has 0 radical (unpaired) electrons. The van der Waals surface area contributed by atoms with Crippen molar-refractivity contribution in [1.82, 2.24) is 0 Å². The first-order valence-corrected chi connectivity index (χ1v) is 26.6. The lowest BCUT2D eigenvalue weighted by atomic mass is 9.47. The van der Waals surface area contributed by atoms with Crippen molar-refractivity contribution in [2.24, 2.45) is 46.3 Å². The Labute approximate surface area is 423 Å². The average molecular weight is 1050 g/mol. The van der Waals surface area contributed by atoms with E-state index in [2.05, 4.69) is 33.8 Å². The zero-order valence-electron chi connectivity index (χ0n) is 41.8. The normalized spacial score (nSPS) is 57.1. The highest BCUT2D eigenvalue weighted by molar-refractivity contribution is 5.26. The molecule has 73 heavy (non-hydrogen) atoms. The average Bonchev–Trinajstić information content (AvgIpc) is 3.82. The summed E-state index contributed by atoms with van der Waals surface area (Å²) in [5, 5.41) is 139. The molecular formula is C50H80O23. The van der Waals surface area contributed by atoms with Gasteiger partial charge in [-0.2, -0.15) is 0 Å². The molecule has 23 nitrogen and oxygen atoms in total. The Balaban J connectivity index is 0.764. The third kappa shape index (κ3) is 9.51. The minimum atomic E-state index is -2.06. The van der Waals surface area contributed by atoms with E-state index in [1.54, 1.807) is 0 Å². The second-order valence-electron chi connectivity index (χ2n) is 23.6. The summed E-state index contributed by atoms with van der Waals surface area (Å²) in [5.74, 6) is 2.46. The first-order chi connectivity index (χ1) is 34.6. The van der Waals surface area contributed by atoms with Crippen LogP contribution in [0.4, 0.5) is 0 Å². The molecular weight excluding hydrogens is 969 g/mol. The Hall–Kier alpha value is -1.18. The minimum absolute atomic E-state index is 0.0447. The number of rotatable bonds is 11. The molecule has 0 unspecified atom stereocenters. The predicted octanol–water partition coefficient (Wildman–Crippen LogP) is -3.03. The van der Waals surface area contributed by atoms with Gasteiger partial charge >= 0.3 is 0 Å². The zero-order chi connectivity index (χ0) is 52.2. The lowest BCUT2D eigenvalue weighted by molar-refractivity contribution is -0.398. The van der Waals surface area contributed by atoms with Crippen molar-refractivity contribution < 1.29 is 114 Å². The molecule has 31 atom stereocenters. The van der Waals surface area contributed by atoms with E-state index in [9.17, 15) is 66.4 Å². The molecule has 0 aromatic carbocycles. The SMILES string of the molecule is C[C@@H]1CC[C@@]2(OC1)O[C@H]1C[C@H]3[C@@H]4CC=C5C[C@@H](O[C@H]6O[C@H](CO[C@@H]7O[C@@H](O)[C@H](O)[C@@H](O)[C@H]7O[C@H]7O[C@H](CO)[C@@H](O[C@H]8O[C@H](CO)[C@@H](O)[C@H](O)[C@H]8O)[C@H](O)[C@H]7O)[C@@H](O)[C@H](O)[C@H]6O)CC[C@]5(C)[C@H]4CC[C@]3(C)[C@H]1[C@@H]2C. The van der Waals surface area contributed by atoms with Gasteiger partial charge < -0.3 is 114 Å². The maximum atomic E-state index is 11.2. The number of aliphatic hydroxyl groups is 13. The van der Waals surface area contributed by atoms with Crippen LogP contribution in [0.5, 0.6) is 0 Å². The molecule has 0 aromatic heterocycles. The summed E-state index contributed by atoms with van der Waals surface area (Å²) in [6.45, 7) is 7.94. The third-order valence-corrected chi connectivity index (χ3v) is 19.5. The Kier molecular flexibility index (Phi) is 16.0. The monoisotopic (exact) mass is 1050 g/mol. The smallest absolute Gasteiger partial charge is 0.189 e. The number of hydrogen-bond donors (Lipinski definition) is 13. The van der Waals surface area contributed by atoms with Crippen LogP contribution in [0.15, 0.2) is 11.6 Å². The standard InChI is InChI=1S/C50H80O23/c1-19-7-12-50(65-17-19)20(2)30-26(73-50)14-25-23-6-5-21-13-22(8-10-48(21,3)24(23)9-11-49(25,30)4)66-44-38(60)34(56)32(54)29(69-44)18-64-47-42(35(57)37(59)43(63)72-47)71-46-40(62)36(58)41(28(16-52)68-46)70-45-39(61)33(55)31(53)27(15-51)67-45/h5,19-20,22-47,51-63H,6-18H2,1-4H3/t19-,20+,22+,23-,24+,25+,26+,27-,28-,29-,30+,31-,32-,33+,34+,35-,36-,37-,38-,39-,40-,41-,42-,43-,44+,45-,46-,47-,48+,49+,50-/m1/s1. The van der Waals surface area contributed by atoms with Gasteiger partial charge in [-0.1, -0.05) is 39.3 Å². The molecule has 4 aliphatic carbocycles. The molecule has 0 amide bonds. The molecule has 6 heterocycles.